The van der Waals surface area contributed by atoms with E-state index in [2.05, 4.69) is 15.1 Å². The number of hydrogen-bond acceptors (Lipinski definition) is 8. The van der Waals surface area contributed by atoms with Crippen LogP contribution in [0.3, 0.4) is 0 Å². The molecule has 2 aliphatic rings. The standard InChI is InChI=1S/C26H28FN5O6S/c1-17-25(34)31(26(35)32(17,38-39(2,36)37)14-13-30-11-5-6-12-30)23-16-18(9-10-21(23)27)15-22-19-7-3-4-8-20(19)24(33)29-28-22/h3-4,7-10,16-17H,5-6,11-15H2,1-2H3/p+1. The van der Waals surface area contributed by atoms with E-state index in [0.717, 1.165) is 38.3 Å². The van der Waals surface area contributed by atoms with Gasteiger partial charge in [-0.2, -0.15) is 18.4 Å². The highest BCUT2D eigenvalue weighted by Crippen LogP contribution is 2.35. The van der Waals surface area contributed by atoms with E-state index in [9.17, 15) is 22.8 Å². The zero-order valence-electron chi connectivity index (χ0n) is 21.6. The van der Waals surface area contributed by atoms with Gasteiger partial charge in [-0.15, -0.1) is 0 Å². The molecule has 2 saturated heterocycles. The summed E-state index contributed by atoms with van der Waals surface area (Å²) in [6, 6.07) is 8.73. The Labute approximate surface area is 224 Å². The van der Waals surface area contributed by atoms with E-state index in [1.807, 2.05) is 0 Å². The number of anilines is 1. The van der Waals surface area contributed by atoms with Crippen molar-refractivity contribution in [3.05, 3.63) is 69.9 Å². The third kappa shape index (κ3) is 5.10. The number of hydrogen-bond donors (Lipinski definition) is 1. The normalized spacial score (nSPS) is 22.3. The van der Waals surface area contributed by atoms with E-state index in [4.69, 9.17) is 4.28 Å². The maximum absolute atomic E-state index is 15.2. The Bertz CT molecular complexity index is 1620. The number of hydroxylamine groups is 3. The fourth-order valence-corrected chi connectivity index (χ4v) is 6.07. The minimum absolute atomic E-state index is 0.0933. The summed E-state index contributed by atoms with van der Waals surface area (Å²) in [6.45, 7) is 3.24. The van der Waals surface area contributed by atoms with Gasteiger partial charge >= 0.3 is 16.1 Å². The number of nitrogens with one attached hydrogen (secondary N) is 1. The number of carbonyl (C=O) groups is 2. The van der Waals surface area contributed by atoms with Crippen LogP contribution >= 0.6 is 0 Å². The van der Waals surface area contributed by atoms with Gasteiger partial charge in [0.1, 0.15) is 12.4 Å². The summed E-state index contributed by atoms with van der Waals surface area (Å²) in [7, 11) is -4.17. The number of rotatable bonds is 8. The smallest absolute Gasteiger partial charge is 0.298 e. The quantitative estimate of drug-likeness (QED) is 0.329. The lowest BCUT2D eigenvalue weighted by Gasteiger charge is -2.30. The third-order valence-electron chi connectivity index (χ3n) is 7.33. The molecular formula is C26H29FN5O6S+. The van der Waals surface area contributed by atoms with Crippen LogP contribution in [0.5, 0.6) is 0 Å². The lowest BCUT2D eigenvalue weighted by molar-refractivity contribution is -1.02. The van der Waals surface area contributed by atoms with Gasteiger partial charge in [0.2, 0.25) is 6.04 Å². The minimum atomic E-state index is -4.17. The number of nitrogens with zero attached hydrogens (tertiary/aromatic N) is 4. The number of aromatic amines is 1. The molecule has 1 N–H and O–H groups in total. The van der Waals surface area contributed by atoms with Gasteiger partial charge in [-0.05, 0) is 49.7 Å². The second-order valence-electron chi connectivity index (χ2n) is 9.99. The van der Waals surface area contributed by atoms with Gasteiger partial charge in [-0.1, -0.05) is 33.2 Å². The summed E-state index contributed by atoms with van der Waals surface area (Å²) < 4.78 is 43.9. The Hall–Kier alpha value is -3.52. The number of likely N-dealkylation sites (tertiary alicyclic amines) is 1. The van der Waals surface area contributed by atoms with Crippen molar-refractivity contribution in [2.75, 3.05) is 37.3 Å². The van der Waals surface area contributed by atoms with Crippen LogP contribution in [-0.4, -0.2) is 78.6 Å². The number of benzene rings is 2. The van der Waals surface area contributed by atoms with Crippen LogP contribution in [-0.2, 0) is 25.6 Å². The highest BCUT2D eigenvalue weighted by atomic mass is 32.2. The highest BCUT2D eigenvalue weighted by molar-refractivity contribution is 7.85. The first kappa shape index (κ1) is 27.1. The molecule has 0 saturated carbocycles. The fraction of sp³-hybridized carbons (Fsp3) is 0.385. The number of quaternary nitrogens is 1. The Morgan fingerprint density at radius 1 is 1.10 bits per heavy atom. The summed E-state index contributed by atoms with van der Waals surface area (Å²) in [6.07, 6.45) is 2.96. The molecule has 3 aromatic rings. The van der Waals surface area contributed by atoms with Gasteiger partial charge in [0, 0.05) is 18.7 Å². The Balaban J connectivity index is 1.51. The van der Waals surface area contributed by atoms with E-state index in [1.54, 1.807) is 24.3 Å². The predicted octanol–water partition coefficient (Wildman–Crippen LogP) is 2.31. The first-order chi connectivity index (χ1) is 18.5. The molecule has 2 aromatic carbocycles. The number of halogens is 1. The number of imide groups is 1. The molecule has 0 aliphatic carbocycles. The van der Waals surface area contributed by atoms with E-state index in [0.29, 0.717) is 33.5 Å². The van der Waals surface area contributed by atoms with Crippen molar-refractivity contribution >= 4 is 38.5 Å². The SMILES string of the molecule is CC1C(=O)N(c2cc(Cc3n[nH]c(=O)c4ccccc34)ccc2F)C(=O)[N+]1(CCN1CCCC1)OS(C)(=O)=O. The summed E-state index contributed by atoms with van der Waals surface area (Å²) in [5.74, 6) is -1.60. The molecule has 0 radical (unpaired) electrons. The lowest BCUT2D eigenvalue weighted by Crippen LogP contribution is -2.58. The maximum atomic E-state index is 15.2. The van der Waals surface area contributed by atoms with Gasteiger partial charge in [-0.3, -0.25) is 14.5 Å². The second kappa shape index (κ2) is 10.2. The first-order valence-corrected chi connectivity index (χ1v) is 14.5. The summed E-state index contributed by atoms with van der Waals surface area (Å²) in [5.41, 5.74) is 0.397. The molecule has 0 bridgehead atoms. The van der Waals surface area contributed by atoms with Crippen LogP contribution in [0.25, 0.3) is 10.8 Å². The molecular weight excluding hydrogens is 529 g/mol. The molecule has 1 aromatic heterocycles. The van der Waals surface area contributed by atoms with E-state index >= 15 is 4.39 Å². The van der Waals surface area contributed by atoms with Crippen molar-refractivity contribution in [2.24, 2.45) is 0 Å². The van der Waals surface area contributed by atoms with E-state index < -0.39 is 38.6 Å². The third-order valence-corrected chi connectivity index (χ3v) is 7.87. The number of fused-ring (bicyclic) bond motifs is 1. The Morgan fingerprint density at radius 2 is 1.79 bits per heavy atom. The van der Waals surface area contributed by atoms with Crippen LogP contribution in [0.2, 0.25) is 0 Å². The molecule has 11 nitrogen and oxygen atoms in total. The summed E-state index contributed by atoms with van der Waals surface area (Å²) in [4.78, 5) is 42.1. The van der Waals surface area contributed by atoms with Crippen LogP contribution < -0.4 is 10.5 Å². The second-order valence-corrected chi connectivity index (χ2v) is 11.5. The van der Waals surface area contributed by atoms with Crippen molar-refractivity contribution in [3.8, 4) is 0 Å². The number of aromatic nitrogens is 2. The molecule has 0 spiro atoms. The van der Waals surface area contributed by atoms with Gasteiger partial charge in [0.25, 0.3) is 11.5 Å². The van der Waals surface area contributed by atoms with Crippen molar-refractivity contribution in [1.82, 2.24) is 15.1 Å². The van der Waals surface area contributed by atoms with Crippen LogP contribution in [0.1, 0.15) is 31.0 Å². The molecule has 13 heteroatoms. The molecule has 39 heavy (non-hydrogen) atoms. The number of H-pyrrole nitrogens is 1. The van der Waals surface area contributed by atoms with E-state index in [-0.39, 0.29) is 24.2 Å². The molecule has 2 unspecified atom stereocenters. The summed E-state index contributed by atoms with van der Waals surface area (Å²) >= 11 is 0. The van der Waals surface area contributed by atoms with Gasteiger partial charge in [0.15, 0.2) is 0 Å². The van der Waals surface area contributed by atoms with Crippen LogP contribution in [0.15, 0.2) is 47.3 Å². The zero-order chi connectivity index (χ0) is 27.9. The molecule has 2 atom stereocenters. The van der Waals surface area contributed by atoms with Crippen molar-refractivity contribution in [3.63, 3.8) is 0 Å². The maximum Gasteiger partial charge on any atom is 0.465 e. The molecule has 2 fully saturated rings. The Kier molecular flexibility index (Phi) is 7.10. The fourth-order valence-electron chi connectivity index (χ4n) is 5.32. The highest BCUT2D eigenvalue weighted by Gasteiger charge is 2.63. The molecule has 3 heterocycles. The van der Waals surface area contributed by atoms with E-state index in [1.165, 1.54) is 19.1 Å². The van der Waals surface area contributed by atoms with Crippen LogP contribution in [0.4, 0.5) is 14.9 Å². The largest absolute Gasteiger partial charge is 0.465 e. The topological polar surface area (TPSA) is 130 Å². The molecule has 3 amide bonds. The van der Waals surface area contributed by atoms with Gasteiger partial charge < -0.3 is 0 Å². The number of amides is 3. The minimum Gasteiger partial charge on any atom is -0.298 e. The Morgan fingerprint density at radius 3 is 2.49 bits per heavy atom. The lowest BCUT2D eigenvalue weighted by atomic mass is 10.0. The average Bonchev–Trinajstić information content (AvgIpc) is 3.48. The van der Waals surface area contributed by atoms with Gasteiger partial charge in [0.05, 0.1) is 29.6 Å². The van der Waals surface area contributed by atoms with Crippen LogP contribution in [0, 0.1) is 5.82 Å². The van der Waals surface area contributed by atoms with Crippen molar-refractivity contribution in [2.45, 2.75) is 32.2 Å². The first-order valence-electron chi connectivity index (χ1n) is 12.6. The van der Waals surface area contributed by atoms with Crippen molar-refractivity contribution in [1.29, 1.82) is 0 Å². The molecule has 5 rings (SSSR count). The average molecular weight is 559 g/mol. The summed E-state index contributed by atoms with van der Waals surface area (Å²) in [5, 5.41) is 7.67. The van der Waals surface area contributed by atoms with Gasteiger partial charge in [-0.25, -0.2) is 14.3 Å². The van der Waals surface area contributed by atoms with Crippen molar-refractivity contribution < 1.29 is 31.3 Å². The number of urea groups is 1. The monoisotopic (exact) mass is 558 g/mol. The number of carbonyl (C=O) groups excluding carboxylic acids is 2. The molecule has 2 aliphatic heterocycles. The predicted molar refractivity (Wildman–Crippen MR) is 141 cm³/mol. The zero-order valence-corrected chi connectivity index (χ0v) is 22.4. The molecule has 206 valence electrons.